The monoisotopic (exact) mass is 365 g/mol. The average molecular weight is 366 g/mol. The van der Waals surface area contributed by atoms with Gasteiger partial charge in [-0.25, -0.2) is 4.98 Å². The van der Waals surface area contributed by atoms with Crippen molar-refractivity contribution < 1.29 is 0 Å². The highest BCUT2D eigenvalue weighted by molar-refractivity contribution is 7.71. The first kappa shape index (κ1) is 16.1. The first-order chi connectivity index (χ1) is 12.2. The SMILES string of the molecule is CCc1ccccc1-c1cn2c(=S)ncc(-c3ccc(Cl)cc3)c2[nH]1. The van der Waals surface area contributed by atoms with Gasteiger partial charge in [-0.05, 0) is 41.9 Å². The number of benzene rings is 2. The van der Waals surface area contributed by atoms with Crippen molar-refractivity contribution in [2.45, 2.75) is 13.3 Å². The summed E-state index contributed by atoms with van der Waals surface area (Å²) in [6.07, 6.45) is 4.81. The van der Waals surface area contributed by atoms with Crippen LogP contribution < -0.4 is 0 Å². The lowest BCUT2D eigenvalue weighted by atomic mass is 10.0. The van der Waals surface area contributed by atoms with E-state index in [4.69, 9.17) is 23.8 Å². The Balaban J connectivity index is 1.96. The molecule has 2 heterocycles. The van der Waals surface area contributed by atoms with E-state index in [0.29, 0.717) is 9.79 Å². The number of halogens is 1. The molecule has 0 saturated carbocycles. The summed E-state index contributed by atoms with van der Waals surface area (Å²) in [5.74, 6) is 0. The summed E-state index contributed by atoms with van der Waals surface area (Å²) in [5.41, 5.74) is 6.48. The minimum atomic E-state index is 0.532. The molecule has 0 aliphatic heterocycles. The van der Waals surface area contributed by atoms with Crippen LogP contribution >= 0.6 is 23.8 Å². The Labute approximate surface area is 155 Å². The fourth-order valence-corrected chi connectivity index (χ4v) is 3.40. The molecule has 1 N–H and O–H groups in total. The third-order valence-corrected chi connectivity index (χ3v) is 4.92. The Morgan fingerprint density at radius 3 is 2.60 bits per heavy atom. The number of hydrogen-bond acceptors (Lipinski definition) is 2. The van der Waals surface area contributed by atoms with Crippen molar-refractivity contribution in [2.24, 2.45) is 0 Å². The van der Waals surface area contributed by atoms with Crippen molar-refractivity contribution in [3.8, 4) is 22.4 Å². The molecule has 0 aliphatic carbocycles. The fourth-order valence-electron chi connectivity index (χ4n) is 3.07. The number of nitrogens with one attached hydrogen (secondary N) is 1. The lowest BCUT2D eigenvalue weighted by Crippen LogP contribution is -1.92. The molecule has 2 aromatic heterocycles. The second-order valence-electron chi connectivity index (χ2n) is 5.86. The molecule has 0 radical (unpaired) electrons. The van der Waals surface area contributed by atoms with E-state index >= 15 is 0 Å². The zero-order chi connectivity index (χ0) is 17.4. The Bertz CT molecular complexity index is 1110. The van der Waals surface area contributed by atoms with E-state index in [-0.39, 0.29) is 0 Å². The number of fused-ring (bicyclic) bond motifs is 1. The van der Waals surface area contributed by atoms with Crippen molar-refractivity contribution in [1.29, 1.82) is 0 Å². The largest absolute Gasteiger partial charge is 0.339 e. The van der Waals surface area contributed by atoms with Crippen LogP contribution in [0.5, 0.6) is 0 Å². The van der Waals surface area contributed by atoms with Gasteiger partial charge >= 0.3 is 0 Å². The van der Waals surface area contributed by atoms with E-state index in [1.807, 2.05) is 41.1 Å². The van der Waals surface area contributed by atoms with Crippen LogP contribution in [0, 0.1) is 4.77 Å². The van der Waals surface area contributed by atoms with Crippen LogP contribution in [0.2, 0.25) is 5.02 Å². The third-order valence-electron chi connectivity index (χ3n) is 4.36. The van der Waals surface area contributed by atoms with E-state index in [1.54, 1.807) is 0 Å². The van der Waals surface area contributed by atoms with Gasteiger partial charge in [0.1, 0.15) is 5.65 Å². The standard InChI is InChI=1S/C20H16ClN3S/c1-2-13-5-3-4-6-16(13)18-12-24-19(23-18)17(11-22-20(24)25)14-7-9-15(21)10-8-14/h3-12,23H,2H2,1H3. The molecule has 0 bridgehead atoms. The van der Waals surface area contributed by atoms with Gasteiger partial charge in [0.15, 0.2) is 0 Å². The van der Waals surface area contributed by atoms with Gasteiger partial charge in [-0.3, -0.25) is 4.40 Å². The number of hydrogen-bond donors (Lipinski definition) is 1. The molecule has 5 heteroatoms. The van der Waals surface area contributed by atoms with E-state index in [2.05, 4.69) is 41.2 Å². The molecule has 0 unspecified atom stereocenters. The predicted molar refractivity (Wildman–Crippen MR) is 106 cm³/mol. The zero-order valence-corrected chi connectivity index (χ0v) is 15.2. The molecule has 0 aliphatic rings. The topological polar surface area (TPSA) is 33.1 Å². The van der Waals surface area contributed by atoms with Crippen LogP contribution in [0.3, 0.4) is 0 Å². The van der Waals surface area contributed by atoms with Crippen LogP contribution in [0.4, 0.5) is 0 Å². The molecule has 0 atom stereocenters. The second kappa shape index (κ2) is 6.47. The van der Waals surface area contributed by atoms with Crippen LogP contribution in [-0.4, -0.2) is 14.4 Å². The zero-order valence-electron chi connectivity index (χ0n) is 13.7. The van der Waals surface area contributed by atoms with Gasteiger partial charge in [0.25, 0.3) is 0 Å². The number of aromatic amines is 1. The van der Waals surface area contributed by atoms with Gasteiger partial charge in [-0.1, -0.05) is 54.9 Å². The summed E-state index contributed by atoms with van der Waals surface area (Å²) in [5, 5.41) is 0.713. The van der Waals surface area contributed by atoms with Gasteiger partial charge in [0, 0.05) is 28.5 Å². The lowest BCUT2D eigenvalue weighted by Gasteiger charge is -2.05. The van der Waals surface area contributed by atoms with Crippen molar-refractivity contribution in [2.75, 3.05) is 0 Å². The highest BCUT2D eigenvalue weighted by Gasteiger charge is 2.12. The Kier molecular flexibility index (Phi) is 4.15. The van der Waals surface area contributed by atoms with Gasteiger partial charge in [0.2, 0.25) is 4.77 Å². The van der Waals surface area contributed by atoms with E-state index in [0.717, 1.165) is 28.9 Å². The molecular formula is C20H16ClN3S. The molecule has 3 nitrogen and oxygen atoms in total. The second-order valence-corrected chi connectivity index (χ2v) is 6.66. The third kappa shape index (κ3) is 2.88. The normalized spacial score (nSPS) is 11.1. The number of aromatic nitrogens is 3. The van der Waals surface area contributed by atoms with Crippen molar-refractivity contribution in [3.63, 3.8) is 0 Å². The van der Waals surface area contributed by atoms with Crippen LogP contribution in [0.25, 0.3) is 28.0 Å². The Morgan fingerprint density at radius 1 is 1.08 bits per heavy atom. The Morgan fingerprint density at radius 2 is 1.84 bits per heavy atom. The quantitative estimate of drug-likeness (QED) is 0.455. The summed E-state index contributed by atoms with van der Waals surface area (Å²) < 4.78 is 2.46. The van der Waals surface area contributed by atoms with Gasteiger partial charge in [-0.2, -0.15) is 0 Å². The molecule has 0 fully saturated rings. The summed E-state index contributed by atoms with van der Waals surface area (Å²) >= 11 is 11.4. The molecule has 4 rings (SSSR count). The summed E-state index contributed by atoms with van der Waals surface area (Å²) in [4.78, 5) is 7.91. The predicted octanol–water partition coefficient (Wildman–Crippen LogP) is 5.94. The minimum Gasteiger partial charge on any atom is -0.339 e. The highest BCUT2D eigenvalue weighted by Crippen LogP contribution is 2.29. The Hall–Kier alpha value is -2.43. The minimum absolute atomic E-state index is 0.532. The maximum atomic E-state index is 6.01. The molecule has 2 aromatic carbocycles. The summed E-state index contributed by atoms with van der Waals surface area (Å²) in [6, 6.07) is 16.1. The molecular weight excluding hydrogens is 350 g/mol. The summed E-state index contributed by atoms with van der Waals surface area (Å²) in [7, 11) is 0. The molecule has 0 spiro atoms. The van der Waals surface area contributed by atoms with Crippen molar-refractivity contribution in [1.82, 2.24) is 14.4 Å². The first-order valence-electron chi connectivity index (χ1n) is 8.12. The average Bonchev–Trinajstić information content (AvgIpc) is 3.09. The molecule has 4 aromatic rings. The van der Waals surface area contributed by atoms with Crippen molar-refractivity contribution in [3.05, 3.63) is 76.3 Å². The lowest BCUT2D eigenvalue weighted by molar-refractivity contribution is 1.06. The molecule has 0 amide bonds. The van der Waals surface area contributed by atoms with Gasteiger partial charge in [0.05, 0.1) is 5.69 Å². The van der Waals surface area contributed by atoms with Crippen LogP contribution in [0.15, 0.2) is 60.9 Å². The number of H-pyrrole nitrogens is 1. The number of nitrogens with zero attached hydrogens (tertiary/aromatic N) is 2. The van der Waals surface area contributed by atoms with E-state index in [9.17, 15) is 0 Å². The highest BCUT2D eigenvalue weighted by atomic mass is 35.5. The molecule has 0 saturated heterocycles. The number of imidazole rings is 1. The van der Waals surface area contributed by atoms with E-state index < -0.39 is 0 Å². The number of aryl methyl sites for hydroxylation is 1. The molecule has 25 heavy (non-hydrogen) atoms. The van der Waals surface area contributed by atoms with E-state index in [1.165, 1.54) is 11.1 Å². The summed E-state index contributed by atoms with van der Waals surface area (Å²) in [6.45, 7) is 2.16. The van der Waals surface area contributed by atoms with Crippen molar-refractivity contribution >= 4 is 29.5 Å². The van der Waals surface area contributed by atoms with Gasteiger partial charge < -0.3 is 4.98 Å². The maximum absolute atomic E-state index is 6.01. The molecule has 124 valence electrons. The maximum Gasteiger partial charge on any atom is 0.205 e. The smallest absolute Gasteiger partial charge is 0.205 e. The number of rotatable bonds is 3. The van der Waals surface area contributed by atoms with Crippen LogP contribution in [0.1, 0.15) is 12.5 Å². The first-order valence-corrected chi connectivity index (χ1v) is 8.90. The van der Waals surface area contributed by atoms with Gasteiger partial charge in [-0.15, -0.1) is 0 Å². The van der Waals surface area contributed by atoms with Crippen LogP contribution in [-0.2, 0) is 6.42 Å². The fraction of sp³-hybridized carbons (Fsp3) is 0.100.